The van der Waals surface area contributed by atoms with Gasteiger partial charge in [0.15, 0.2) is 16.7 Å². The molecular weight excluding hydrogens is 377 g/mol. The number of carbonyl (C=O) groups is 1. The number of hydrogen-bond acceptors (Lipinski definition) is 7. The molecule has 4 rings (SSSR count). The molecule has 1 saturated heterocycles. The molecule has 2 aliphatic heterocycles. The number of thioether (sulfide) groups is 1. The van der Waals surface area contributed by atoms with Gasteiger partial charge in [0.1, 0.15) is 5.82 Å². The molecule has 2 aromatic carbocycles. The lowest BCUT2D eigenvalue weighted by atomic mass is 10.1. The third-order valence-corrected chi connectivity index (χ3v) is 4.62. The maximum atomic E-state index is 13.0. The molecule has 0 bridgehead atoms. The average molecular weight is 387 g/mol. The van der Waals surface area contributed by atoms with Crippen molar-refractivity contribution in [2.45, 2.75) is 0 Å². The molecule has 0 unspecified atom stereocenters. The Morgan fingerprint density at radius 2 is 1.93 bits per heavy atom. The first kappa shape index (κ1) is 17.0. The number of nitro benzene ring substituents is 1. The number of fused-ring (bicyclic) bond motifs is 1. The molecule has 2 heterocycles. The zero-order valence-electron chi connectivity index (χ0n) is 13.5. The molecule has 2 aliphatic rings. The standard InChI is InChI=1S/C17H10FN3O5S/c18-10-1-3-11(4-2-10)19-17-20-16(22)15(27-17)6-9-5-13-14(26-8-25-13)7-12(9)21(23)24/h1-7H,8H2,(H,19,20,22)/b15-6-. The van der Waals surface area contributed by atoms with Gasteiger partial charge >= 0.3 is 0 Å². The Kier molecular flexibility index (Phi) is 4.24. The van der Waals surface area contributed by atoms with Gasteiger partial charge in [-0.1, -0.05) is 0 Å². The number of nitro groups is 1. The molecule has 1 fully saturated rings. The van der Waals surface area contributed by atoms with Gasteiger partial charge in [0.2, 0.25) is 6.79 Å². The predicted octanol–water partition coefficient (Wildman–Crippen LogP) is 3.35. The zero-order chi connectivity index (χ0) is 19.0. The van der Waals surface area contributed by atoms with Gasteiger partial charge in [0.05, 0.1) is 27.1 Å². The van der Waals surface area contributed by atoms with Crippen LogP contribution in [0.15, 0.2) is 46.3 Å². The van der Waals surface area contributed by atoms with E-state index in [9.17, 15) is 19.3 Å². The first-order valence-corrected chi connectivity index (χ1v) is 8.44. The van der Waals surface area contributed by atoms with E-state index < -0.39 is 16.6 Å². The Morgan fingerprint density at radius 3 is 2.63 bits per heavy atom. The maximum Gasteiger partial charge on any atom is 0.280 e. The van der Waals surface area contributed by atoms with Crippen LogP contribution in [0.5, 0.6) is 11.5 Å². The van der Waals surface area contributed by atoms with Crippen LogP contribution in [0, 0.1) is 15.9 Å². The van der Waals surface area contributed by atoms with Crippen LogP contribution >= 0.6 is 11.8 Å². The Balaban J connectivity index is 1.66. The van der Waals surface area contributed by atoms with Crippen LogP contribution in [0.2, 0.25) is 0 Å². The van der Waals surface area contributed by atoms with Gasteiger partial charge in [-0.15, -0.1) is 0 Å². The summed E-state index contributed by atoms with van der Waals surface area (Å²) in [5.74, 6) is -0.174. The van der Waals surface area contributed by atoms with E-state index in [-0.39, 0.29) is 28.7 Å². The lowest BCUT2D eigenvalue weighted by Gasteiger charge is -2.01. The molecule has 8 nitrogen and oxygen atoms in total. The monoisotopic (exact) mass is 387 g/mol. The van der Waals surface area contributed by atoms with Crippen molar-refractivity contribution in [2.75, 3.05) is 6.79 Å². The van der Waals surface area contributed by atoms with Crippen LogP contribution in [0.25, 0.3) is 6.08 Å². The zero-order valence-corrected chi connectivity index (χ0v) is 14.3. The Labute approximate surface area is 155 Å². The van der Waals surface area contributed by atoms with Gasteiger partial charge in [0.25, 0.3) is 11.6 Å². The van der Waals surface area contributed by atoms with E-state index in [1.807, 2.05) is 0 Å². The molecule has 136 valence electrons. The molecule has 10 heteroatoms. The highest BCUT2D eigenvalue weighted by atomic mass is 32.2. The van der Waals surface area contributed by atoms with Crippen LogP contribution in [0.3, 0.4) is 0 Å². The van der Waals surface area contributed by atoms with Crippen molar-refractivity contribution in [3.63, 3.8) is 0 Å². The number of ether oxygens (including phenoxy) is 2. The largest absolute Gasteiger partial charge is 0.454 e. The van der Waals surface area contributed by atoms with Crippen molar-refractivity contribution in [2.24, 2.45) is 4.99 Å². The van der Waals surface area contributed by atoms with Gasteiger partial charge in [-0.25, -0.2) is 9.38 Å². The fourth-order valence-electron chi connectivity index (χ4n) is 2.48. The first-order chi connectivity index (χ1) is 13.0. The van der Waals surface area contributed by atoms with Gasteiger partial charge in [-0.3, -0.25) is 14.9 Å². The molecule has 27 heavy (non-hydrogen) atoms. The number of amides is 1. The Bertz CT molecular complexity index is 1020. The van der Waals surface area contributed by atoms with Gasteiger partial charge < -0.3 is 14.8 Å². The van der Waals surface area contributed by atoms with E-state index in [0.29, 0.717) is 16.6 Å². The van der Waals surface area contributed by atoms with Crippen molar-refractivity contribution in [3.05, 3.63) is 62.8 Å². The lowest BCUT2D eigenvalue weighted by molar-refractivity contribution is -0.385. The van der Waals surface area contributed by atoms with Crippen molar-refractivity contribution in [3.8, 4) is 11.5 Å². The SMILES string of the molecule is O=C1NC(=Nc2ccc(F)cc2)S/C1=C\c1cc2c(cc1[N+](=O)[O-])OCO2. The summed E-state index contributed by atoms with van der Waals surface area (Å²) in [6.45, 7) is -0.0176. The molecule has 0 aromatic heterocycles. The van der Waals surface area contributed by atoms with Crippen LogP contribution in [-0.4, -0.2) is 22.8 Å². The number of halogens is 1. The van der Waals surface area contributed by atoms with Crippen molar-refractivity contribution in [1.82, 2.24) is 5.32 Å². The van der Waals surface area contributed by atoms with E-state index in [1.165, 1.54) is 42.5 Å². The van der Waals surface area contributed by atoms with Crippen molar-refractivity contribution >= 4 is 40.3 Å². The molecule has 2 aromatic rings. The Hall–Kier alpha value is -3.40. The van der Waals surface area contributed by atoms with E-state index in [4.69, 9.17) is 9.47 Å². The molecular formula is C17H10FN3O5S. The average Bonchev–Trinajstić information content (AvgIpc) is 3.22. The van der Waals surface area contributed by atoms with Crippen molar-refractivity contribution < 1.29 is 23.6 Å². The van der Waals surface area contributed by atoms with E-state index in [0.717, 1.165) is 11.8 Å². The summed E-state index contributed by atoms with van der Waals surface area (Å²) in [5, 5.41) is 14.2. The minimum absolute atomic E-state index is 0.0176. The van der Waals surface area contributed by atoms with Crippen LogP contribution < -0.4 is 14.8 Å². The minimum atomic E-state index is -0.556. The summed E-state index contributed by atoms with van der Waals surface area (Å²) < 4.78 is 23.3. The van der Waals surface area contributed by atoms with Crippen LogP contribution in [0.1, 0.15) is 5.56 Å². The third-order valence-electron chi connectivity index (χ3n) is 3.71. The second-order valence-electron chi connectivity index (χ2n) is 5.48. The molecule has 0 atom stereocenters. The maximum absolute atomic E-state index is 13.0. The number of nitrogens with zero attached hydrogens (tertiary/aromatic N) is 2. The number of aliphatic imine (C=N–C) groups is 1. The smallest absolute Gasteiger partial charge is 0.280 e. The fourth-order valence-corrected chi connectivity index (χ4v) is 3.31. The minimum Gasteiger partial charge on any atom is -0.454 e. The quantitative estimate of drug-likeness (QED) is 0.492. The highest BCUT2D eigenvalue weighted by Crippen LogP contribution is 2.40. The summed E-state index contributed by atoms with van der Waals surface area (Å²) in [6, 6.07) is 8.18. The normalized spacial score (nSPS) is 18.2. The highest BCUT2D eigenvalue weighted by Gasteiger charge is 2.27. The second kappa shape index (κ2) is 6.72. The summed E-state index contributed by atoms with van der Waals surface area (Å²) in [6.07, 6.45) is 1.40. The number of nitrogens with one attached hydrogen (secondary N) is 1. The van der Waals surface area contributed by atoms with Crippen molar-refractivity contribution in [1.29, 1.82) is 0 Å². The van der Waals surface area contributed by atoms with Crippen LogP contribution in [0.4, 0.5) is 15.8 Å². The first-order valence-electron chi connectivity index (χ1n) is 7.63. The third kappa shape index (κ3) is 3.47. The summed E-state index contributed by atoms with van der Waals surface area (Å²) >= 11 is 1.03. The van der Waals surface area contributed by atoms with Crippen LogP contribution in [-0.2, 0) is 4.79 Å². The molecule has 0 radical (unpaired) electrons. The summed E-state index contributed by atoms with van der Waals surface area (Å²) in [5.41, 5.74) is 0.475. The molecule has 0 saturated carbocycles. The van der Waals surface area contributed by atoms with Gasteiger partial charge in [-0.2, -0.15) is 0 Å². The highest BCUT2D eigenvalue weighted by molar-refractivity contribution is 8.18. The van der Waals surface area contributed by atoms with E-state index in [1.54, 1.807) is 0 Å². The van der Waals surface area contributed by atoms with Gasteiger partial charge in [0, 0.05) is 0 Å². The lowest BCUT2D eigenvalue weighted by Crippen LogP contribution is -2.19. The topological polar surface area (TPSA) is 103 Å². The number of benzene rings is 2. The number of rotatable bonds is 3. The van der Waals surface area contributed by atoms with E-state index in [2.05, 4.69) is 10.3 Å². The van der Waals surface area contributed by atoms with E-state index >= 15 is 0 Å². The molecule has 0 spiro atoms. The molecule has 1 amide bonds. The Morgan fingerprint density at radius 1 is 1.22 bits per heavy atom. The molecule has 1 N–H and O–H groups in total. The second-order valence-corrected chi connectivity index (χ2v) is 6.51. The fraction of sp³-hybridized carbons (Fsp3) is 0.0588. The summed E-state index contributed by atoms with van der Waals surface area (Å²) in [4.78, 5) is 27.4. The number of carbonyl (C=O) groups excluding carboxylic acids is 1. The van der Waals surface area contributed by atoms with Gasteiger partial charge in [-0.05, 0) is 48.2 Å². The summed E-state index contributed by atoms with van der Waals surface area (Å²) in [7, 11) is 0. The number of amidine groups is 1. The predicted molar refractivity (Wildman–Crippen MR) is 96.4 cm³/mol. The number of hydrogen-bond donors (Lipinski definition) is 1. The molecule has 0 aliphatic carbocycles.